The van der Waals surface area contributed by atoms with Crippen LogP contribution in [0, 0.1) is 5.41 Å². The molecule has 1 aliphatic carbocycles. The van der Waals surface area contributed by atoms with E-state index in [-0.39, 0.29) is 6.61 Å². The maximum atomic E-state index is 10.8. The van der Waals surface area contributed by atoms with Crippen molar-refractivity contribution in [1.29, 1.82) is 0 Å². The van der Waals surface area contributed by atoms with Crippen LogP contribution in [0.2, 0.25) is 0 Å². The van der Waals surface area contributed by atoms with E-state index in [0.29, 0.717) is 23.8 Å². The van der Waals surface area contributed by atoms with Crippen molar-refractivity contribution >= 4 is 11.9 Å². The van der Waals surface area contributed by atoms with Gasteiger partial charge in [0.25, 0.3) is 5.91 Å². The number of rotatable bonds is 7. The quantitative estimate of drug-likeness (QED) is 0.515. The highest BCUT2D eigenvalue weighted by atomic mass is 16.5. The zero-order chi connectivity index (χ0) is 19.0. The van der Waals surface area contributed by atoms with E-state index in [2.05, 4.69) is 31.4 Å². The summed E-state index contributed by atoms with van der Waals surface area (Å²) in [5.41, 5.74) is 6.59. The molecule has 0 saturated heterocycles. The second-order valence-corrected chi connectivity index (χ2v) is 7.68. The van der Waals surface area contributed by atoms with Gasteiger partial charge in [-0.1, -0.05) is 26.0 Å². The lowest BCUT2D eigenvalue weighted by Gasteiger charge is -2.35. The molecule has 4 N–H and O–H groups in total. The standard InChI is InChI=1S/C20H32N4O2/c1-4-22-19(24-16-8-10-20(2,3)11-9-16)23-13-15-6-5-7-17(12-15)26-14-18(21)25/h5-7,12,16H,4,8-11,13-14H2,1-3H3,(H2,21,25)(H2,22,23,24). The first-order chi connectivity index (χ1) is 12.4. The predicted octanol–water partition coefficient (Wildman–Crippen LogP) is 2.57. The van der Waals surface area contributed by atoms with Gasteiger partial charge in [0.1, 0.15) is 5.75 Å². The summed E-state index contributed by atoms with van der Waals surface area (Å²) in [6.45, 7) is 8.01. The first kappa shape index (κ1) is 20.1. The molecule has 0 heterocycles. The topological polar surface area (TPSA) is 88.7 Å². The number of nitrogens with two attached hydrogens (primary N) is 1. The van der Waals surface area contributed by atoms with Gasteiger partial charge < -0.3 is 21.1 Å². The van der Waals surface area contributed by atoms with Gasteiger partial charge in [-0.2, -0.15) is 0 Å². The summed E-state index contributed by atoms with van der Waals surface area (Å²) in [5.74, 6) is 0.993. The van der Waals surface area contributed by atoms with Crippen molar-refractivity contribution in [2.75, 3.05) is 13.2 Å². The Balaban J connectivity index is 1.94. The van der Waals surface area contributed by atoms with E-state index >= 15 is 0 Å². The molecule has 0 bridgehead atoms. The lowest BCUT2D eigenvalue weighted by Crippen LogP contribution is -2.45. The SMILES string of the molecule is CCNC(=NCc1cccc(OCC(N)=O)c1)NC1CCC(C)(C)CC1. The summed E-state index contributed by atoms with van der Waals surface area (Å²) >= 11 is 0. The fourth-order valence-electron chi connectivity index (χ4n) is 3.12. The molecule has 6 nitrogen and oxygen atoms in total. The minimum absolute atomic E-state index is 0.116. The molecular formula is C20H32N4O2. The Bertz CT molecular complexity index is 618. The molecule has 0 aromatic heterocycles. The Labute approximate surface area is 156 Å². The molecule has 144 valence electrons. The Morgan fingerprint density at radius 3 is 2.73 bits per heavy atom. The van der Waals surface area contributed by atoms with Gasteiger partial charge in [-0.3, -0.25) is 4.79 Å². The van der Waals surface area contributed by atoms with E-state index in [9.17, 15) is 4.79 Å². The third-order valence-corrected chi connectivity index (χ3v) is 4.72. The number of benzene rings is 1. The van der Waals surface area contributed by atoms with Gasteiger partial charge in [0.15, 0.2) is 12.6 Å². The maximum Gasteiger partial charge on any atom is 0.255 e. The number of ether oxygens (including phenoxy) is 1. The Kier molecular flexibility index (Phi) is 7.30. The second kappa shape index (κ2) is 9.46. The summed E-state index contributed by atoms with van der Waals surface area (Å²) in [6, 6.07) is 8.06. The lowest BCUT2D eigenvalue weighted by atomic mass is 9.75. The molecule has 1 aromatic carbocycles. The molecule has 2 rings (SSSR count). The number of carbonyl (C=O) groups is 1. The number of hydrogen-bond acceptors (Lipinski definition) is 3. The van der Waals surface area contributed by atoms with Crippen molar-refractivity contribution in [3.05, 3.63) is 29.8 Å². The van der Waals surface area contributed by atoms with Crippen LogP contribution < -0.4 is 21.1 Å². The number of hydrogen-bond donors (Lipinski definition) is 3. The Hall–Kier alpha value is -2.24. The van der Waals surface area contributed by atoms with Gasteiger partial charge in [0.05, 0.1) is 6.54 Å². The monoisotopic (exact) mass is 360 g/mol. The van der Waals surface area contributed by atoms with E-state index in [1.54, 1.807) is 0 Å². The maximum absolute atomic E-state index is 10.8. The lowest BCUT2D eigenvalue weighted by molar-refractivity contribution is -0.119. The predicted molar refractivity (Wildman–Crippen MR) is 105 cm³/mol. The highest BCUT2D eigenvalue weighted by Gasteiger charge is 2.27. The van der Waals surface area contributed by atoms with Gasteiger partial charge in [-0.15, -0.1) is 0 Å². The smallest absolute Gasteiger partial charge is 0.255 e. The number of primary amides is 1. The zero-order valence-corrected chi connectivity index (χ0v) is 16.2. The van der Waals surface area contributed by atoms with Crippen LogP contribution in [-0.4, -0.2) is 31.1 Å². The first-order valence-electron chi connectivity index (χ1n) is 9.43. The summed E-state index contributed by atoms with van der Waals surface area (Å²) in [4.78, 5) is 15.5. The van der Waals surface area contributed by atoms with Gasteiger partial charge in [-0.05, 0) is 55.7 Å². The van der Waals surface area contributed by atoms with Gasteiger partial charge in [0.2, 0.25) is 0 Å². The molecule has 1 saturated carbocycles. The average molecular weight is 361 g/mol. The van der Waals surface area contributed by atoms with E-state index in [1.807, 2.05) is 24.3 Å². The number of amides is 1. The number of nitrogens with one attached hydrogen (secondary N) is 2. The van der Waals surface area contributed by atoms with Crippen molar-refractivity contribution < 1.29 is 9.53 Å². The molecule has 1 aliphatic rings. The van der Waals surface area contributed by atoms with Gasteiger partial charge in [-0.25, -0.2) is 4.99 Å². The van der Waals surface area contributed by atoms with E-state index in [1.165, 1.54) is 25.7 Å². The Morgan fingerprint density at radius 1 is 1.35 bits per heavy atom. The molecule has 0 aliphatic heterocycles. The molecule has 0 atom stereocenters. The van der Waals surface area contributed by atoms with Crippen molar-refractivity contribution in [3.8, 4) is 5.75 Å². The largest absolute Gasteiger partial charge is 0.484 e. The number of carbonyl (C=O) groups excluding carboxylic acids is 1. The van der Waals surface area contributed by atoms with Crippen LogP contribution in [0.5, 0.6) is 5.75 Å². The number of guanidine groups is 1. The van der Waals surface area contributed by atoms with Crippen LogP contribution >= 0.6 is 0 Å². The van der Waals surface area contributed by atoms with E-state index in [0.717, 1.165) is 18.1 Å². The van der Waals surface area contributed by atoms with Crippen LogP contribution in [0.15, 0.2) is 29.3 Å². The molecule has 0 unspecified atom stereocenters. The third-order valence-electron chi connectivity index (χ3n) is 4.72. The van der Waals surface area contributed by atoms with Crippen LogP contribution in [-0.2, 0) is 11.3 Å². The summed E-state index contributed by atoms with van der Waals surface area (Å²) in [6.07, 6.45) is 4.83. The van der Waals surface area contributed by atoms with Crippen LogP contribution in [0.3, 0.4) is 0 Å². The zero-order valence-electron chi connectivity index (χ0n) is 16.2. The molecule has 0 radical (unpaired) electrons. The Morgan fingerprint density at radius 2 is 2.08 bits per heavy atom. The van der Waals surface area contributed by atoms with Crippen LogP contribution in [0.1, 0.15) is 52.0 Å². The molecule has 1 fully saturated rings. The summed E-state index contributed by atoms with van der Waals surface area (Å²) < 4.78 is 5.35. The second-order valence-electron chi connectivity index (χ2n) is 7.68. The van der Waals surface area contributed by atoms with Crippen molar-refractivity contribution in [1.82, 2.24) is 10.6 Å². The molecule has 1 aromatic rings. The van der Waals surface area contributed by atoms with Gasteiger partial charge >= 0.3 is 0 Å². The molecule has 6 heteroatoms. The minimum atomic E-state index is -0.484. The fourth-order valence-corrected chi connectivity index (χ4v) is 3.12. The summed E-state index contributed by atoms with van der Waals surface area (Å²) in [5, 5.41) is 6.89. The fraction of sp³-hybridized carbons (Fsp3) is 0.600. The van der Waals surface area contributed by atoms with Crippen LogP contribution in [0.25, 0.3) is 0 Å². The highest BCUT2D eigenvalue weighted by Crippen LogP contribution is 2.34. The highest BCUT2D eigenvalue weighted by molar-refractivity contribution is 5.80. The van der Waals surface area contributed by atoms with Crippen molar-refractivity contribution in [2.24, 2.45) is 16.1 Å². The van der Waals surface area contributed by atoms with Gasteiger partial charge in [0, 0.05) is 12.6 Å². The average Bonchev–Trinajstić information content (AvgIpc) is 2.60. The molecule has 26 heavy (non-hydrogen) atoms. The van der Waals surface area contributed by atoms with Crippen LogP contribution in [0.4, 0.5) is 0 Å². The number of nitrogens with zero attached hydrogens (tertiary/aromatic N) is 1. The molecular weight excluding hydrogens is 328 g/mol. The third kappa shape index (κ3) is 6.94. The van der Waals surface area contributed by atoms with Crippen molar-refractivity contribution in [3.63, 3.8) is 0 Å². The first-order valence-corrected chi connectivity index (χ1v) is 9.43. The van der Waals surface area contributed by atoms with Crippen molar-refractivity contribution in [2.45, 2.75) is 59.0 Å². The molecule has 1 amide bonds. The minimum Gasteiger partial charge on any atom is -0.484 e. The summed E-state index contributed by atoms with van der Waals surface area (Å²) in [7, 11) is 0. The molecule has 0 spiro atoms. The normalized spacial score (nSPS) is 17.6. The van der Waals surface area contributed by atoms with E-state index in [4.69, 9.17) is 15.5 Å². The number of aliphatic imine (C=N–C) groups is 1. The van der Waals surface area contributed by atoms with E-state index < -0.39 is 5.91 Å².